The summed E-state index contributed by atoms with van der Waals surface area (Å²) >= 11 is 1.50. The van der Waals surface area contributed by atoms with E-state index in [0.717, 1.165) is 16.2 Å². The van der Waals surface area contributed by atoms with Crippen molar-refractivity contribution in [3.8, 4) is 0 Å². The molecule has 0 spiro atoms. The highest BCUT2D eigenvalue weighted by atomic mass is 32.2. The first-order valence-corrected chi connectivity index (χ1v) is 11.5. The van der Waals surface area contributed by atoms with Crippen molar-refractivity contribution in [3.63, 3.8) is 0 Å². The summed E-state index contributed by atoms with van der Waals surface area (Å²) in [6.07, 6.45) is 0.795. The van der Waals surface area contributed by atoms with Crippen LogP contribution in [0.15, 0.2) is 35.2 Å². The molecular formula is C22H33N3O6S. The molecule has 0 unspecified atom stereocenters. The lowest BCUT2D eigenvalue weighted by molar-refractivity contribution is -0.157. The maximum atomic E-state index is 12.7. The van der Waals surface area contributed by atoms with Gasteiger partial charge < -0.3 is 10.1 Å². The van der Waals surface area contributed by atoms with Crippen molar-refractivity contribution in [1.82, 2.24) is 15.3 Å². The van der Waals surface area contributed by atoms with Crippen LogP contribution in [0.5, 0.6) is 0 Å². The van der Waals surface area contributed by atoms with E-state index in [4.69, 9.17) is 0 Å². The van der Waals surface area contributed by atoms with Gasteiger partial charge in [0, 0.05) is 30.7 Å². The molecule has 0 bridgehead atoms. The Bertz CT molecular complexity index is 759. The number of hydrogen-bond acceptors (Lipinski definition) is 7. The topological polar surface area (TPSA) is 116 Å². The number of nitrogens with zero attached hydrogens (tertiary/aromatic N) is 2. The van der Waals surface area contributed by atoms with Crippen LogP contribution in [0.1, 0.15) is 39.5 Å². The molecule has 0 radical (unpaired) electrons. The third kappa shape index (κ3) is 9.69. The summed E-state index contributed by atoms with van der Waals surface area (Å²) in [7, 11) is 2.47. The van der Waals surface area contributed by atoms with Crippen LogP contribution in [0.2, 0.25) is 0 Å². The fourth-order valence-electron chi connectivity index (χ4n) is 2.72. The quantitative estimate of drug-likeness (QED) is 0.220. The van der Waals surface area contributed by atoms with Crippen molar-refractivity contribution in [2.24, 2.45) is 11.8 Å². The molecule has 10 heteroatoms. The minimum atomic E-state index is -0.942. The van der Waals surface area contributed by atoms with E-state index in [1.807, 2.05) is 44.2 Å². The lowest BCUT2D eigenvalue weighted by Crippen LogP contribution is -2.45. The Morgan fingerprint density at radius 3 is 2.38 bits per heavy atom. The summed E-state index contributed by atoms with van der Waals surface area (Å²) < 4.78 is 4.46. The molecular weight excluding hydrogens is 434 g/mol. The molecule has 0 aromatic heterocycles. The molecule has 0 saturated carbocycles. The van der Waals surface area contributed by atoms with Gasteiger partial charge in [-0.25, -0.2) is 9.59 Å². The average Bonchev–Trinajstić information content (AvgIpc) is 2.79. The van der Waals surface area contributed by atoms with Crippen LogP contribution in [0, 0.1) is 11.8 Å². The lowest BCUT2D eigenvalue weighted by Gasteiger charge is -2.21. The Kier molecular flexibility index (Phi) is 12.4. The summed E-state index contributed by atoms with van der Waals surface area (Å²) in [5, 5.41) is 12.7. The monoisotopic (exact) mass is 467 g/mol. The second kappa shape index (κ2) is 14.5. The number of hydrogen-bond donors (Lipinski definition) is 2. The highest BCUT2D eigenvalue weighted by molar-refractivity contribution is 7.99. The standard InChI is InChI=1S/C22H33N3O6S/c1-16(2)12-13-17(15-32-18-9-6-5-7-10-18)20(27)25(30)21(28)23-14-8-11-19(26)24(3)22(29)31-4/h5-7,9-10,16-17,30H,8,11-15H2,1-4H3,(H,23,28)/t17-/m1/s1. The summed E-state index contributed by atoms with van der Waals surface area (Å²) in [6, 6.07) is 8.67. The van der Waals surface area contributed by atoms with Gasteiger partial charge in [0.05, 0.1) is 13.0 Å². The SMILES string of the molecule is COC(=O)N(C)C(=O)CCCNC(=O)N(O)C(=O)[C@H](CCC(C)C)CSc1ccccc1. The van der Waals surface area contributed by atoms with Crippen LogP contribution in [-0.4, -0.2) is 65.6 Å². The zero-order valence-electron chi connectivity index (χ0n) is 19.1. The third-order valence-corrected chi connectivity index (χ3v) is 5.88. The Morgan fingerprint density at radius 1 is 1.12 bits per heavy atom. The van der Waals surface area contributed by atoms with Gasteiger partial charge in [0.2, 0.25) is 5.91 Å². The third-order valence-electron chi connectivity index (χ3n) is 4.70. The van der Waals surface area contributed by atoms with E-state index in [0.29, 0.717) is 18.1 Å². The predicted molar refractivity (Wildman–Crippen MR) is 121 cm³/mol. The second-order valence-electron chi connectivity index (χ2n) is 7.70. The largest absolute Gasteiger partial charge is 0.452 e. The normalized spacial score (nSPS) is 11.6. The number of thioether (sulfide) groups is 1. The van der Waals surface area contributed by atoms with Crippen molar-refractivity contribution in [3.05, 3.63) is 30.3 Å². The van der Waals surface area contributed by atoms with Gasteiger partial charge in [-0.1, -0.05) is 38.5 Å². The predicted octanol–water partition coefficient (Wildman–Crippen LogP) is 3.76. The van der Waals surface area contributed by atoms with Gasteiger partial charge in [0.25, 0.3) is 5.91 Å². The number of methoxy groups -OCH3 is 1. The van der Waals surface area contributed by atoms with E-state index in [9.17, 15) is 24.4 Å². The van der Waals surface area contributed by atoms with E-state index >= 15 is 0 Å². The van der Waals surface area contributed by atoms with Gasteiger partial charge in [-0.2, -0.15) is 0 Å². The maximum Gasteiger partial charge on any atom is 0.415 e. The van der Waals surface area contributed by atoms with Crippen molar-refractivity contribution < 1.29 is 29.1 Å². The summed E-state index contributed by atoms with van der Waals surface area (Å²) in [6.45, 7) is 4.15. The van der Waals surface area contributed by atoms with Gasteiger partial charge in [-0.3, -0.25) is 19.7 Å². The van der Waals surface area contributed by atoms with E-state index in [1.54, 1.807) is 0 Å². The van der Waals surface area contributed by atoms with Crippen LogP contribution >= 0.6 is 11.8 Å². The zero-order valence-corrected chi connectivity index (χ0v) is 19.9. The van der Waals surface area contributed by atoms with E-state index < -0.39 is 29.9 Å². The van der Waals surface area contributed by atoms with E-state index in [-0.39, 0.29) is 24.4 Å². The molecule has 9 nitrogen and oxygen atoms in total. The molecule has 1 rings (SSSR count). The first-order chi connectivity index (χ1) is 15.2. The van der Waals surface area contributed by atoms with Gasteiger partial charge >= 0.3 is 12.1 Å². The number of nitrogens with one attached hydrogen (secondary N) is 1. The molecule has 0 aliphatic heterocycles. The number of ether oxygens (including phenoxy) is 1. The van der Waals surface area contributed by atoms with Crippen LogP contribution in [-0.2, 0) is 14.3 Å². The summed E-state index contributed by atoms with van der Waals surface area (Å²) in [5.41, 5.74) is 0. The van der Waals surface area contributed by atoms with E-state index in [2.05, 4.69) is 10.1 Å². The number of rotatable bonds is 11. The Morgan fingerprint density at radius 2 is 1.78 bits per heavy atom. The highest BCUT2D eigenvalue weighted by Crippen LogP contribution is 2.25. The molecule has 2 N–H and O–H groups in total. The average molecular weight is 468 g/mol. The number of imide groups is 2. The van der Waals surface area contributed by atoms with Crippen LogP contribution in [0.3, 0.4) is 0 Å². The lowest BCUT2D eigenvalue weighted by atomic mass is 9.98. The highest BCUT2D eigenvalue weighted by Gasteiger charge is 2.28. The Hall–Kier alpha value is -2.59. The van der Waals surface area contributed by atoms with Crippen molar-refractivity contribution in [1.29, 1.82) is 0 Å². The second-order valence-corrected chi connectivity index (χ2v) is 8.79. The Balaban J connectivity index is 2.56. The molecule has 0 fully saturated rings. The molecule has 178 valence electrons. The van der Waals surface area contributed by atoms with Crippen molar-refractivity contribution >= 4 is 35.7 Å². The number of amides is 5. The molecule has 0 aliphatic carbocycles. The number of hydroxylamine groups is 2. The number of benzene rings is 1. The van der Waals surface area contributed by atoms with Crippen LogP contribution < -0.4 is 5.32 Å². The molecule has 5 amide bonds. The van der Waals surface area contributed by atoms with Gasteiger partial charge in [0.1, 0.15) is 0 Å². The first-order valence-electron chi connectivity index (χ1n) is 10.5. The molecule has 0 heterocycles. The van der Waals surface area contributed by atoms with Gasteiger partial charge in [-0.05, 0) is 30.9 Å². The summed E-state index contributed by atoms with van der Waals surface area (Å²) in [5.74, 6) is -0.820. The maximum absolute atomic E-state index is 12.7. The Labute approximate surface area is 193 Å². The minimum Gasteiger partial charge on any atom is -0.452 e. The molecule has 0 saturated heterocycles. The minimum absolute atomic E-state index is 0.00398. The molecule has 1 aromatic carbocycles. The van der Waals surface area contributed by atoms with Gasteiger partial charge in [0.15, 0.2) is 0 Å². The van der Waals surface area contributed by atoms with E-state index in [1.165, 1.54) is 25.9 Å². The molecule has 0 aliphatic rings. The molecule has 1 aromatic rings. The molecule has 32 heavy (non-hydrogen) atoms. The number of carbonyl (C=O) groups excluding carboxylic acids is 4. The van der Waals surface area contributed by atoms with Gasteiger partial charge in [-0.15, -0.1) is 16.8 Å². The molecule has 1 atom stereocenters. The number of carbonyl (C=O) groups is 4. The number of urea groups is 1. The fraction of sp³-hybridized carbons (Fsp3) is 0.545. The van der Waals surface area contributed by atoms with Crippen molar-refractivity contribution in [2.75, 3.05) is 26.5 Å². The summed E-state index contributed by atoms with van der Waals surface area (Å²) in [4.78, 5) is 49.9. The van der Waals surface area contributed by atoms with Crippen LogP contribution in [0.4, 0.5) is 9.59 Å². The smallest absolute Gasteiger partial charge is 0.415 e. The van der Waals surface area contributed by atoms with Crippen LogP contribution in [0.25, 0.3) is 0 Å². The first kappa shape index (κ1) is 27.4. The zero-order chi connectivity index (χ0) is 24.1. The fourth-order valence-corrected chi connectivity index (χ4v) is 3.77. The van der Waals surface area contributed by atoms with Crippen molar-refractivity contribution in [2.45, 2.75) is 44.4 Å².